The van der Waals surface area contributed by atoms with Crippen LogP contribution in [0.2, 0.25) is 0 Å². The van der Waals surface area contributed by atoms with Crippen molar-refractivity contribution >= 4 is 49.4 Å². The maximum absolute atomic E-state index is 13.8. The average Bonchev–Trinajstić information content (AvgIpc) is 2.95. The predicted octanol–water partition coefficient (Wildman–Crippen LogP) is 3.74. The van der Waals surface area contributed by atoms with Gasteiger partial charge in [0.2, 0.25) is 0 Å². The maximum Gasteiger partial charge on any atom is 0.289 e. The summed E-state index contributed by atoms with van der Waals surface area (Å²) in [6.07, 6.45) is 1.32. The highest BCUT2D eigenvalue weighted by atomic mass is 79.9. The number of para-hydroxylation sites is 1. The molecule has 1 amide bonds. The number of ether oxygens (including phenoxy) is 4. The van der Waals surface area contributed by atoms with Crippen LogP contribution in [0.3, 0.4) is 0 Å². The molecule has 40 heavy (non-hydrogen) atoms. The van der Waals surface area contributed by atoms with Gasteiger partial charge < -0.3 is 18.9 Å². The van der Waals surface area contributed by atoms with Gasteiger partial charge in [0.1, 0.15) is 18.0 Å². The second kappa shape index (κ2) is 13.1. The quantitative estimate of drug-likeness (QED) is 0.177. The second-order valence-corrected chi connectivity index (χ2v) is 10.5. The van der Waals surface area contributed by atoms with Crippen LogP contribution in [-0.2, 0) is 14.8 Å². The molecule has 0 saturated carbocycles. The number of nitrogens with one attached hydrogen (secondary N) is 1. The Hall–Kier alpha value is -4.37. The summed E-state index contributed by atoms with van der Waals surface area (Å²) in [7, 11) is 1.01. The Morgan fingerprint density at radius 3 is 2.35 bits per heavy atom. The first-order chi connectivity index (χ1) is 19.1. The number of amides is 1. The van der Waals surface area contributed by atoms with Gasteiger partial charge in [-0.1, -0.05) is 12.1 Å². The van der Waals surface area contributed by atoms with Gasteiger partial charge in [0.15, 0.2) is 16.4 Å². The van der Waals surface area contributed by atoms with Crippen LogP contribution in [0.25, 0.3) is 0 Å². The van der Waals surface area contributed by atoms with Gasteiger partial charge in [0.25, 0.3) is 21.6 Å². The van der Waals surface area contributed by atoms with E-state index in [1.165, 1.54) is 65.0 Å². The minimum Gasteiger partial charge on any atom is -0.497 e. The number of rotatable bonds is 12. The fourth-order valence-electron chi connectivity index (χ4n) is 3.59. The van der Waals surface area contributed by atoms with Crippen molar-refractivity contribution in [2.75, 3.05) is 39.3 Å². The Kier molecular flexibility index (Phi) is 9.90. The molecule has 0 atom stereocenters. The van der Waals surface area contributed by atoms with E-state index >= 15 is 0 Å². The van der Waals surface area contributed by atoms with E-state index in [-0.39, 0.29) is 11.4 Å². The van der Waals surface area contributed by atoms with Gasteiger partial charge in [-0.15, -0.1) is 0 Å². The van der Waals surface area contributed by atoms with Gasteiger partial charge in [-0.05, 0) is 51.8 Å². The third kappa shape index (κ3) is 6.60. The van der Waals surface area contributed by atoms with Crippen LogP contribution in [0, 0.1) is 10.1 Å². The third-order valence-corrected chi connectivity index (χ3v) is 7.83. The normalized spacial score (nSPS) is 11.1. The Labute approximate surface area is 238 Å². The van der Waals surface area contributed by atoms with Crippen LogP contribution in [-0.4, -0.2) is 60.4 Å². The molecule has 3 aromatic rings. The molecule has 0 spiro atoms. The lowest BCUT2D eigenvalue weighted by Crippen LogP contribution is -2.40. The molecule has 1 N–H and O–H groups in total. The van der Waals surface area contributed by atoms with E-state index in [1.807, 2.05) is 0 Å². The van der Waals surface area contributed by atoms with E-state index in [1.54, 1.807) is 12.1 Å². The first-order valence-electron chi connectivity index (χ1n) is 11.3. The van der Waals surface area contributed by atoms with Crippen molar-refractivity contribution in [2.24, 2.45) is 5.10 Å². The lowest BCUT2D eigenvalue weighted by molar-refractivity contribution is -0.387. The molecule has 0 saturated heterocycles. The molecule has 0 aliphatic carbocycles. The van der Waals surface area contributed by atoms with Crippen molar-refractivity contribution in [2.45, 2.75) is 4.90 Å². The van der Waals surface area contributed by atoms with Crippen LogP contribution >= 0.6 is 15.9 Å². The lowest BCUT2D eigenvalue weighted by Gasteiger charge is -2.25. The number of carbonyl (C=O) groups excluding carboxylic acids is 1. The highest BCUT2D eigenvalue weighted by molar-refractivity contribution is 9.10. The van der Waals surface area contributed by atoms with Crippen molar-refractivity contribution in [3.05, 3.63) is 74.7 Å². The number of anilines is 1. The monoisotopic (exact) mass is 636 g/mol. The number of hydrogen-bond donors (Lipinski definition) is 1. The summed E-state index contributed by atoms with van der Waals surface area (Å²) in [6, 6.07) is 12.4. The minimum atomic E-state index is -4.66. The minimum absolute atomic E-state index is 0.0491. The van der Waals surface area contributed by atoms with E-state index in [0.717, 1.165) is 12.1 Å². The summed E-state index contributed by atoms with van der Waals surface area (Å²) < 4.78 is 49.9. The summed E-state index contributed by atoms with van der Waals surface area (Å²) in [5, 5.41) is 15.5. The molecule has 3 aromatic carbocycles. The molecule has 0 radical (unpaired) electrons. The van der Waals surface area contributed by atoms with Crippen molar-refractivity contribution in [1.82, 2.24) is 5.43 Å². The summed E-state index contributed by atoms with van der Waals surface area (Å²) >= 11 is 3.37. The molecule has 0 bridgehead atoms. The number of sulfonamides is 1. The number of benzene rings is 3. The van der Waals surface area contributed by atoms with Gasteiger partial charge >= 0.3 is 0 Å². The number of methoxy groups -OCH3 is 4. The summed E-state index contributed by atoms with van der Waals surface area (Å²) in [4.78, 5) is 23.1. The third-order valence-electron chi connectivity index (χ3n) is 5.43. The van der Waals surface area contributed by atoms with Crippen LogP contribution in [0.4, 0.5) is 11.4 Å². The van der Waals surface area contributed by atoms with E-state index < -0.39 is 38.0 Å². The molecule has 0 aliphatic heterocycles. The van der Waals surface area contributed by atoms with Crippen LogP contribution < -0.4 is 28.7 Å². The standard InChI is InChI=1S/C25H25BrN4O9S/c1-36-17-9-10-19(21(13-17)37-2)29(40(34,35)23-8-6-5-7-20(23)30(32)33)15-24(31)28-27-14-16-11-18(26)25(39-4)22(12-16)38-3/h5-14H,15H2,1-4H3,(H,28,31)/b27-14-. The molecule has 3 rings (SSSR count). The number of nitro groups is 1. The topological polar surface area (TPSA) is 159 Å². The average molecular weight is 637 g/mol. The Bertz CT molecular complexity index is 1550. The number of nitro benzene ring substituents is 1. The van der Waals surface area contributed by atoms with E-state index in [4.69, 9.17) is 18.9 Å². The summed E-state index contributed by atoms with van der Waals surface area (Å²) in [5.41, 5.74) is 2.10. The number of hydrogen-bond acceptors (Lipinski definition) is 10. The SMILES string of the molecule is COc1ccc(N(CC(=O)N/N=C\c2cc(Br)c(OC)c(OC)c2)S(=O)(=O)c2ccccc2[N+](=O)[O-])c(OC)c1. The van der Waals surface area contributed by atoms with Crippen LogP contribution in [0.1, 0.15) is 5.56 Å². The Morgan fingerprint density at radius 1 is 1.02 bits per heavy atom. The van der Waals surface area contributed by atoms with Crippen molar-refractivity contribution < 1.29 is 37.1 Å². The first kappa shape index (κ1) is 30.2. The van der Waals surface area contributed by atoms with Gasteiger partial charge in [-0.25, -0.2) is 13.8 Å². The van der Waals surface area contributed by atoms with Crippen LogP contribution in [0.5, 0.6) is 23.0 Å². The predicted molar refractivity (Wildman–Crippen MR) is 150 cm³/mol. The number of nitrogens with zero attached hydrogens (tertiary/aromatic N) is 3. The second-order valence-electron chi connectivity index (χ2n) is 7.81. The summed E-state index contributed by atoms with van der Waals surface area (Å²) in [5.74, 6) is 0.452. The number of halogens is 1. The fraction of sp³-hybridized carbons (Fsp3) is 0.200. The van der Waals surface area contributed by atoms with E-state index in [9.17, 15) is 23.3 Å². The Balaban J connectivity index is 1.99. The molecule has 212 valence electrons. The fourth-order valence-corrected chi connectivity index (χ4v) is 5.81. The van der Waals surface area contributed by atoms with E-state index in [0.29, 0.717) is 31.6 Å². The maximum atomic E-state index is 13.8. The van der Waals surface area contributed by atoms with Crippen molar-refractivity contribution in [3.8, 4) is 23.0 Å². The largest absolute Gasteiger partial charge is 0.497 e. The molecule has 13 nitrogen and oxygen atoms in total. The lowest BCUT2D eigenvalue weighted by atomic mass is 10.2. The van der Waals surface area contributed by atoms with Gasteiger partial charge in [0.05, 0.1) is 49.7 Å². The van der Waals surface area contributed by atoms with Crippen LogP contribution in [0.15, 0.2) is 69.1 Å². The van der Waals surface area contributed by atoms with E-state index in [2.05, 4.69) is 26.5 Å². The zero-order chi connectivity index (χ0) is 29.4. The molecule has 0 aromatic heterocycles. The smallest absolute Gasteiger partial charge is 0.289 e. The summed E-state index contributed by atoms with van der Waals surface area (Å²) in [6.45, 7) is -0.788. The Morgan fingerprint density at radius 2 is 1.73 bits per heavy atom. The highest BCUT2D eigenvalue weighted by Crippen LogP contribution is 2.37. The molecule has 15 heteroatoms. The first-order valence-corrected chi connectivity index (χ1v) is 13.5. The zero-order valence-corrected chi connectivity index (χ0v) is 24.2. The molecule has 0 heterocycles. The number of carbonyl (C=O) groups is 1. The highest BCUT2D eigenvalue weighted by Gasteiger charge is 2.34. The van der Waals surface area contributed by atoms with Gasteiger partial charge in [0, 0.05) is 12.1 Å². The molecule has 0 unspecified atom stereocenters. The van der Waals surface area contributed by atoms with Gasteiger partial charge in [-0.3, -0.25) is 19.2 Å². The molecule has 0 fully saturated rings. The van der Waals surface area contributed by atoms with Gasteiger partial charge in [-0.2, -0.15) is 5.10 Å². The molecular weight excluding hydrogens is 612 g/mol. The van der Waals surface area contributed by atoms with Crippen molar-refractivity contribution in [3.63, 3.8) is 0 Å². The molecule has 0 aliphatic rings. The van der Waals surface area contributed by atoms with Crippen molar-refractivity contribution in [1.29, 1.82) is 0 Å². The zero-order valence-electron chi connectivity index (χ0n) is 21.8. The number of hydrazone groups is 1. The molecular formula is C25H25BrN4O9S.